The van der Waals surface area contributed by atoms with E-state index in [-0.39, 0.29) is 42.7 Å². The van der Waals surface area contributed by atoms with Crippen LogP contribution in [0.15, 0.2) is 47.4 Å². The number of hydrogen-bond donors (Lipinski definition) is 1. The molecule has 0 saturated carbocycles. The summed E-state index contributed by atoms with van der Waals surface area (Å²) in [6.45, 7) is 2.63. The van der Waals surface area contributed by atoms with Crippen molar-refractivity contribution in [2.45, 2.75) is 11.8 Å². The summed E-state index contributed by atoms with van der Waals surface area (Å²) in [5.74, 6) is -1.21. The van der Waals surface area contributed by atoms with E-state index in [4.69, 9.17) is 4.74 Å². The molecule has 1 aliphatic heterocycles. The third kappa shape index (κ3) is 5.37. The van der Waals surface area contributed by atoms with Gasteiger partial charge in [-0.05, 0) is 42.8 Å². The number of benzene rings is 2. The van der Waals surface area contributed by atoms with Gasteiger partial charge in [-0.25, -0.2) is 12.7 Å². The molecule has 1 saturated heterocycles. The number of carbonyl (C=O) groups excluding carboxylic acids is 3. The zero-order valence-electron chi connectivity index (χ0n) is 19.6. The lowest BCUT2D eigenvalue weighted by atomic mass is 10.1. The van der Waals surface area contributed by atoms with Gasteiger partial charge in [0, 0.05) is 51.5 Å². The highest BCUT2D eigenvalue weighted by atomic mass is 32.2. The molecule has 0 aromatic heterocycles. The second-order valence-electron chi connectivity index (χ2n) is 8.04. The lowest BCUT2D eigenvalue weighted by Crippen LogP contribution is -2.53. The van der Waals surface area contributed by atoms with Gasteiger partial charge >= 0.3 is 11.8 Å². The number of methoxy groups -OCH3 is 1. The average molecular weight is 489 g/mol. The van der Waals surface area contributed by atoms with Gasteiger partial charge in [-0.15, -0.1) is 0 Å². The fourth-order valence-corrected chi connectivity index (χ4v) is 4.68. The highest BCUT2D eigenvalue weighted by Gasteiger charge is 2.29. The zero-order valence-corrected chi connectivity index (χ0v) is 20.4. The largest absolute Gasteiger partial charge is 0.497 e. The third-order valence-corrected chi connectivity index (χ3v) is 7.53. The molecule has 34 heavy (non-hydrogen) atoms. The summed E-state index contributed by atoms with van der Waals surface area (Å²) in [5.41, 5.74) is 1.21. The Morgan fingerprint density at radius 3 is 2.24 bits per heavy atom. The zero-order chi connectivity index (χ0) is 25.0. The predicted octanol–water partition coefficient (Wildman–Crippen LogP) is 1.18. The van der Waals surface area contributed by atoms with Crippen LogP contribution in [-0.2, 0) is 19.6 Å². The van der Waals surface area contributed by atoms with Crippen LogP contribution in [0.25, 0.3) is 0 Å². The molecule has 0 radical (unpaired) electrons. The Balaban J connectivity index is 1.62. The second kappa shape index (κ2) is 10.2. The number of nitrogens with zero attached hydrogens (tertiary/aromatic N) is 3. The summed E-state index contributed by atoms with van der Waals surface area (Å²) in [4.78, 5) is 41.0. The third-order valence-electron chi connectivity index (χ3n) is 5.57. The van der Waals surface area contributed by atoms with E-state index in [0.29, 0.717) is 16.9 Å². The smallest absolute Gasteiger partial charge is 0.313 e. The van der Waals surface area contributed by atoms with Crippen LogP contribution in [-0.4, -0.2) is 87.6 Å². The van der Waals surface area contributed by atoms with E-state index in [9.17, 15) is 22.8 Å². The first-order valence-corrected chi connectivity index (χ1v) is 12.1. The van der Waals surface area contributed by atoms with Crippen molar-refractivity contribution in [2.24, 2.45) is 0 Å². The van der Waals surface area contributed by atoms with Crippen molar-refractivity contribution in [3.63, 3.8) is 0 Å². The van der Waals surface area contributed by atoms with Crippen molar-refractivity contribution in [1.29, 1.82) is 0 Å². The number of piperazine rings is 1. The second-order valence-corrected chi connectivity index (χ2v) is 10.2. The highest BCUT2D eigenvalue weighted by molar-refractivity contribution is 7.89. The molecule has 11 heteroatoms. The van der Waals surface area contributed by atoms with Crippen LogP contribution in [0.5, 0.6) is 5.75 Å². The number of sulfonamides is 1. The summed E-state index contributed by atoms with van der Waals surface area (Å²) in [6, 6.07) is 11.3. The fraction of sp³-hybridized carbons (Fsp3) is 0.348. The highest BCUT2D eigenvalue weighted by Crippen LogP contribution is 2.22. The molecule has 3 rings (SSSR count). The number of ether oxygens (including phenoxy) is 1. The summed E-state index contributed by atoms with van der Waals surface area (Å²) < 4.78 is 31.2. The normalized spacial score (nSPS) is 14.1. The molecule has 0 atom stereocenters. The molecule has 10 nitrogen and oxygen atoms in total. The van der Waals surface area contributed by atoms with Crippen LogP contribution in [0.4, 0.5) is 5.69 Å². The molecule has 2 aromatic carbocycles. The predicted molar refractivity (Wildman–Crippen MR) is 126 cm³/mol. The average Bonchev–Trinajstić information content (AvgIpc) is 2.84. The molecule has 0 unspecified atom stereocenters. The van der Waals surface area contributed by atoms with Gasteiger partial charge in [0.05, 0.1) is 12.0 Å². The van der Waals surface area contributed by atoms with E-state index < -0.39 is 21.8 Å². The molecular weight excluding hydrogens is 460 g/mol. The molecule has 1 aliphatic rings. The maximum Gasteiger partial charge on any atom is 0.313 e. The van der Waals surface area contributed by atoms with Gasteiger partial charge in [0.25, 0.3) is 5.91 Å². The van der Waals surface area contributed by atoms with Crippen LogP contribution in [0.3, 0.4) is 0 Å². The maximum atomic E-state index is 12.7. The minimum absolute atomic E-state index is 0.0485. The molecule has 1 N–H and O–H groups in total. The number of aryl methyl sites for hydroxylation is 1. The van der Waals surface area contributed by atoms with E-state index in [1.54, 1.807) is 48.2 Å². The van der Waals surface area contributed by atoms with Gasteiger partial charge in [-0.2, -0.15) is 0 Å². The lowest BCUT2D eigenvalue weighted by molar-refractivity contribution is -0.144. The molecule has 0 bridgehead atoms. The SMILES string of the molecule is COc1cccc(C(=O)N2CCN(C(=O)C(=O)Nc3ccc(C)c(S(=O)(=O)N(C)C)c3)CC2)c1. The molecule has 0 aliphatic carbocycles. The van der Waals surface area contributed by atoms with Crippen LogP contribution < -0.4 is 10.1 Å². The van der Waals surface area contributed by atoms with Gasteiger partial charge in [0.15, 0.2) is 0 Å². The maximum absolute atomic E-state index is 12.7. The quantitative estimate of drug-likeness (QED) is 0.632. The number of nitrogens with one attached hydrogen (secondary N) is 1. The monoisotopic (exact) mass is 488 g/mol. The first-order valence-electron chi connectivity index (χ1n) is 10.6. The Morgan fingerprint density at radius 1 is 0.971 bits per heavy atom. The van der Waals surface area contributed by atoms with E-state index >= 15 is 0 Å². The van der Waals surface area contributed by atoms with Crippen LogP contribution in [0.1, 0.15) is 15.9 Å². The summed E-state index contributed by atoms with van der Waals surface area (Å²) in [5, 5.41) is 2.48. The van der Waals surface area contributed by atoms with Gasteiger partial charge in [-0.3, -0.25) is 14.4 Å². The van der Waals surface area contributed by atoms with Crippen LogP contribution >= 0.6 is 0 Å². The molecule has 1 fully saturated rings. The van der Waals surface area contributed by atoms with Crippen molar-refractivity contribution in [3.05, 3.63) is 53.6 Å². The van der Waals surface area contributed by atoms with Gasteiger partial charge in [0.2, 0.25) is 10.0 Å². The van der Waals surface area contributed by atoms with Gasteiger partial charge in [0.1, 0.15) is 5.75 Å². The van der Waals surface area contributed by atoms with E-state index in [0.717, 1.165) is 4.31 Å². The lowest BCUT2D eigenvalue weighted by Gasteiger charge is -2.34. The first kappa shape index (κ1) is 25.2. The standard InChI is InChI=1S/C23H28N4O6S/c1-16-8-9-18(15-20(16)34(31,32)25(2)3)24-21(28)23(30)27-12-10-26(11-13-27)22(29)17-6-5-7-19(14-17)33-4/h5-9,14-15H,10-13H2,1-4H3,(H,24,28). The number of anilines is 1. The molecule has 1 heterocycles. The number of rotatable bonds is 5. The first-order chi connectivity index (χ1) is 16.0. The van der Waals surface area contributed by atoms with Crippen molar-refractivity contribution < 1.29 is 27.5 Å². The Kier molecular flexibility index (Phi) is 7.57. The Morgan fingerprint density at radius 2 is 1.62 bits per heavy atom. The summed E-state index contributed by atoms with van der Waals surface area (Å²) in [6.07, 6.45) is 0. The molecule has 0 spiro atoms. The molecule has 2 aromatic rings. The van der Waals surface area contributed by atoms with E-state index in [2.05, 4.69) is 5.32 Å². The Hall–Kier alpha value is -3.44. The van der Waals surface area contributed by atoms with E-state index in [1.165, 1.54) is 32.2 Å². The van der Waals surface area contributed by atoms with E-state index in [1.807, 2.05) is 0 Å². The van der Waals surface area contributed by atoms with Crippen LogP contribution in [0, 0.1) is 6.92 Å². The van der Waals surface area contributed by atoms with Crippen molar-refractivity contribution >= 4 is 33.4 Å². The summed E-state index contributed by atoms with van der Waals surface area (Å²) >= 11 is 0. The minimum Gasteiger partial charge on any atom is -0.497 e. The van der Waals surface area contributed by atoms with Crippen molar-refractivity contribution in [3.8, 4) is 5.75 Å². The molecule has 182 valence electrons. The Bertz CT molecular complexity index is 1200. The molecule has 3 amide bonds. The van der Waals surface area contributed by atoms with Crippen molar-refractivity contribution in [1.82, 2.24) is 14.1 Å². The topological polar surface area (TPSA) is 116 Å². The van der Waals surface area contributed by atoms with Gasteiger partial charge in [-0.1, -0.05) is 12.1 Å². The Labute approximate surface area is 199 Å². The fourth-order valence-electron chi connectivity index (χ4n) is 3.53. The number of carbonyl (C=O) groups is 3. The minimum atomic E-state index is -3.71. The number of hydrogen-bond acceptors (Lipinski definition) is 6. The van der Waals surface area contributed by atoms with Gasteiger partial charge < -0.3 is 19.9 Å². The van der Waals surface area contributed by atoms with Crippen LogP contribution in [0.2, 0.25) is 0 Å². The molecular formula is C23H28N4O6S. The van der Waals surface area contributed by atoms with Crippen molar-refractivity contribution in [2.75, 3.05) is 52.7 Å². The number of amides is 3. The summed E-state index contributed by atoms with van der Waals surface area (Å²) in [7, 11) is 0.656.